The molecule has 1 aromatic heterocycles. The molecule has 8 heteroatoms. The summed E-state index contributed by atoms with van der Waals surface area (Å²) in [6, 6.07) is 3.20. The molecule has 31 heavy (non-hydrogen) atoms. The van der Waals surface area contributed by atoms with E-state index in [9.17, 15) is 13.2 Å². The van der Waals surface area contributed by atoms with Crippen LogP contribution in [0.4, 0.5) is 5.82 Å². The molecule has 0 N–H and O–H groups in total. The smallest absolute Gasteiger partial charge is 0.245 e. The van der Waals surface area contributed by atoms with Gasteiger partial charge in [-0.1, -0.05) is 6.92 Å². The van der Waals surface area contributed by atoms with Gasteiger partial charge in [0.15, 0.2) is 0 Å². The number of pyridine rings is 1. The second-order valence-corrected chi connectivity index (χ2v) is 11.5. The van der Waals surface area contributed by atoms with Crippen molar-refractivity contribution in [2.75, 3.05) is 31.1 Å². The summed E-state index contributed by atoms with van der Waals surface area (Å²) < 4.78 is 27.6. The van der Waals surface area contributed by atoms with Gasteiger partial charge >= 0.3 is 0 Å². The van der Waals surface area contributed by atoms with Gasteiger partial charge in [-0.2, -0.15) is 4.31 Å². The van der Waals surface area contributed by atoms with E-state index in [2.05, 4.69) is 16.8 Å². The van der Waals surface area contributed by atoms with Crippen molar-refractivity contribution in [1.82, 2.24) is 14.2 Å². The van der Waals surface area contributed by atoms with Crippen LogP contribution in [0.5, 0.6) is 0 Å². The van der Waals surface area contributed by atoms with Gasteiger partial charge in [0.1, 0.15) is 10.7 Å². The number of aromatic nitrogens is 1. The van der Waals surface area contributed by atoms with E-state index >= 15 is 0 Å². The van der Waals surface area contributed by atoms with Gasteiger partial charge in [0, 0.05) is 50.4 Å². The maximum absolute atomic E-state index is 13.0. The van der Waals surface area contributed by atoms with Gasteiger partial charge in [0.05, 0.1) is 0 Å². The van der Waals surface area contributed by atoms with E-state index in [1.807, 2.05) is 32.6 Å². The van der Waals surface area contributed by atoms with E-state index in [0.29, 0.717) is 5.91 Å². The SMILES string of the molecule is CC1CCN(C(=O)C2CCN(c3ccc(S(=O)(=O)N(C(C)C)C(C)C)cn3)CC2)CC1. The molecule has 3 heterocycles. The fraction of sp³-hybridized carbons (Fsp3) is 0.739. The number of anilines is 1. The zero-order chi connectivity index (χ0) is 22.8. The number of likely N-dealkylation sites (tertiary alicyclic amines) is 1. The molecule has 1 aromatic rings. The average molecular weight is 451 g/mol. The van der Waals surface area contributed by atoms with Crippen molar-refractivity contribution in [3.8, 4) is 0 Å². The number of hydrogen-bond donors (Lipinski definition) is 0. The lowest BCUT2D eigenvalue weighted by Crippen LogP contribution is -2.45. The molecule has 0 unspecified atom stereocenters. The number of amides is 1. The molecule has 2 aliphatic rings. The minimum Gasteiger partial charge on any atom is -0.357 e. The van der Waals surface area contributed by atoms with E-state index in [-0.39, 0.29) is 22.9 Å². The Balaban J connectivity index is 1.61. The zero-order valence-corrected chi connectivity index (χ0v) is 20.4. The van der Waals surface area contributed by atoms with Gasteiger partial charge in [-0.3, -0.25) is 4.79 Å². The highest BCUT2D eigenvalue weighted by molar-refractivity contribution is 7.89. The normalized spacial score (nSPS) is 19.6. The summed E-state index contributed by atoms with van der Waals surface area (Å²) in [5, 5.41) is 0. The average Bonchev–Trinajstić information content (AvgIpc) is 2.73. The van der Waals surface area contributed by atoms with Gasteiger partial charge < -0.3 is 9.80 Å². The topological polar surface area (TPSA) is 73.8 Å². The predicted octanol–water partition coefficient (Wildman–Crippen LogP) is 3.36. The van der Waals surface area contributed by atoms with Crippen LogP contribution in [0.2, 0.25) is 0 Å². The second kappa shape index (κ2) is 9.86. The second-order valence-electron chi connectivity index (χ2n) is 9.64. The zero-order valence-electron chi connectivity index (χ0n) is 19.6. The minimum atomic E-state index is -3.58. The third-order valence-electron chi connectivity index (χ3n) is 6.58. The monoisotopic (exact) mass is 450 g/mol. The minimum absolute atomic E-state index is 0.0925. The number of carbonyl (C=O) groups excluding carboxylic acids is 1. The van der Waals surface area contributed by atoms with Crippen molar-refractivity contribution in [3.05, 3.63) is 18.3 Å². The van der Waals surface area contributed by atoms with Gasteiger partial charge in [0.25, 0.3) is 0 Å². The van der Waals surface area contributed by atoms with Crippen LogP contribution in [0.15, 0.2) is 23.2 Å². The number of nitrogens with zero attached hydrogens (tertiary/aromatic N) is 4. The largest absolute Gasteiger partial charge is 0.357 e. The molecule has 0 atom stereocenters. The molecule has 0 bridgehead atoms. The highest BCUT2D eigenvalue weighted by atomic mass is 32.2. The number of piperidine rings is 2. The Morgan fingerprint density at radius 1 is 1.00 bits per heavy atom. The van der Waals surface area contributed by atoms with Crippen LogP contribution in [-0.4, -0.2) is 66.8 Å². The molecule has 0 saturated carbocycles. The summed E-state index contributed by atoms with van der Waals surface area (Å²) in [4.78, 5) is 21.7. The van der Waals surface area contributed by atoms with Crippen molar-refractivity contribution in [1.29, 1.82) is 0 Å². The van der Waals surface area contributed by atoms with Crippen LogP contribution in [0.3, 0.4) is 0 Å². The van der Waals surface area contributed by atoms with E-state index in [0.717, 1.165) is 63.6 Å². The summed E-state index contributed by atoms with van der Waals surface area (Å²) in [6.07, 6.45) is 5.32. The summed E-state index contributed by atoms with van der Waals surface area (Å²) in [6.45, 7) is 13.1. The Morgan fingerprint density at radius 2 is 1.58 bits per heavy atom. The Morgan fingerprint density at radius 3 is 2.06 bits per heavy atom. The lowest BCUT2D eigenvalue weighted by atomic mass is 9.92. The van der Waals surface area contributed by atoms with Crippen LogP contribution in [0.1, 0.15) is 60.3 Å². The Labute approximate surface area is 187 Å². The fourth-order valence-electron chi connectivity index (χ4n) is 4.83. The Hall–Kier alpha value is -1.67. The van der Waals surface area contributed by atoms with Crippen molar-refractivity contribution in [3.63, 3.8) is 0 Å². The number of sulfonamides is 1. The highest BCUT2D eigenvalue weighted by Crippen LogP contribution is 2.27. The van der Waals surface area contributed by atoms with Crippen molar-refractivity contribution >= 4 is 21.7 Å². The summed E-state index contributed by atoms with van der Waals surface area (Å²) in [5.41, 5.74) is 0. The van der Waals surface area contributed by atoms with E-state index in [1.165, 1.54) is 10.5 Å². The van der Waals surface area contributed by atoms with Crippen LogP contribution < -0.4 is 4.90 Å². The molecule has 2 saturated heterocycles. The Bertz CT molecular complexity index is 830. The summed E-state index contributed by atoms with van der Waals surface area (Å²) in [5.74, 6) is 1.90. The van der Waals surface area contributed by atoms with Gasteiger partial charge in [-0.15, -0.1) is 0 Å². The predicted molar refractivity (Wildman–Crippen MR) is 123 cm³/mol. The van der Waals surface area contributed by atoms with E-state index in [4.69, 9.17) is 0 Å². The molecule has 0 aliphatic carbocycles. The molecule has 1 amide bonds. The quantitative estimate of drug-likeness (QED) is 0.664. The summed E-state index contributed by atoms with van der Waals surface area (Å²) in [7, 11) is -3.58. The molecular weight excluding hydrogens is 412 g/mol. The van der Waals surface area contributed by atoms with Crippen LogP contribution >= 0.6 is 0 Å². The fourth-order valence-corrected chi connectivity index (χ4v) is 6.61. The number of hydrogen-bond acceptors (Lipinski definition) is 5. The molecular formula is C23H38N4O3S. The first-order chi connectivity index (χ1) is 14.6. The third kappa shape index (κ3) is 5.40. The molecule has 2 fully saturated rings. The molecule has 0 spiro atoms. The number of carbonyl (C=O) groups is 1. The molecule has 7 nitrogen and oxygen atoms in total. The first-order valence-electron chi connectivity index (χ1n) is 11.6. The van der Waals surface area contributed by atoms with Crippen LogP contribution in [-0.2, 0) is 14.8 Å². The molecule has 0 aromatic carbocycles. The molecule has 2 aliphatic heterocycles. The molecule has 174 valence electrons. The maximum atomic E-state index is 13.0. The van der Waals surface area contributed by atoms with Gasteiger partial charge in [0.2, 0.25) is 15.9 Å². The lowest BCUT2D eigenvalue weighted by Gasteiger charge is -2.37. The van der Waals surface area contributed by atoms with Crippen molar-refractivity contribution in [2.45, 2.75) is 77.3 Å². The number of rotatable bonds is 6. The van der Waals surface area contributed by atoms with Gasteiger partial charge in [-0.25, -0.2) is 13.4 Å². The maximum Gasteiger partial charge on any atom is 0.245 e. The Kier molecular flexibility index (Phi) is 7.63. The van der Waals surface area contributed by atoms with Crippen molar-refractivity contribution in [2.24, 2.45) is 11.8 Å². The van der Waals surface area contributed by atoms with E-state index in [1.54, 1.807) is 12.1 Å². The van der Waals surface area contributed by atoms with Crippen molar-refractivity contribution < 1.29 is 13.2 Å². The van der Waals surface area contributed by atoms with Gasteiger partial charge in [-0.05, 0) is 71.4 Å². The highest BCUT2D eigenvalue weighted by Gasteiger charge is 2.32. The first kappa shape index (κ1) is 24.0. The molecule has 3 rings (SSSR count). The third-order valence-corrected chi connectivity index (χ3v) is 8.81. The molecule has 0 radical (unpaired) electrons. The van der Waals surface area contributed by atoms with Crippen LogP contribution in [0.25, 0.3) is 0 Å². The lowest BCUT2D eigenvalue weighted by molar-refractivity contribution is -0.137. The standard InChI is InChI=1S/C23H38N4O3S/c1-17(2)27(18(3)4)31(29,30)21-6-7-22(24-16-21)25-14-10-20(11-15-25)23(28)26-12-8-19(5)9-13-26/h6-7,16-20H,8-15H2,1-5H3. The van der Waals surface area contributed by atoms with Crippen LogP contribution in [0, 0.1) is 11.8 Å². The summed E-state index contributed by atoms with van der Waals surface area (Å²) >= 11 is 0. The first-order valence-corrected chi connectivity index (χ1v) is 13.1. The van der Waals surface area contributed by atoms with E-state index < -0.39 is 10.0 Å².